The van der Waals surface area contributed by atoms with Crippen LogP contribution < -0.4 is 5.73 Å². The van der Waals surface area contributed by atoms with Crippen molar-refractivity contribution in [2.45, 2.75) is 12.5 Å². The lowest BCUT2D eigenvalue weighted by Crippen LogP contribution is -2.19. The zero-order valence-electron chi connectivity index (χ0n) is 7.66. The SMILES string of the molecule is CN(C)CCC(N)c1ccco1. The minimum atomic E-state index is 0.0300. The molecule has 0 spiro atoms. The van der Waals surface area contributed by atoms with Crippen molar-refractivity contribution >= 4 is 0 Å². The molecule has 0 saturated heterocycles. The molecule has 0 aromatic carbocycles. The molecule has 3 nitrogen and oxygen atoms in total. The van der Waals surface area contributed by atoms with Crippen LogP contribution in [0.4, 0.5) is 0 Å². The van der Waals surface area contributed by atoms with Crippen LogP contribution in [0, 0.1) is 0 Å². The largest absolute Gasteiger partial charge is 0.468 e. The third-order valence-electron chi connectivity index (χ3n) is 1.80. The van der Waals surface area contributed by atoms with E-state index in [-0.39, 0.29) is 6.04 Å². The number of furan rings is 1. The predicted octanol–water partition coefficient (Wildman–Crippen LogP) is 1.23. The lowest BCUT2D eigenvalue weighted by atomic mass is 10.1. The molecular weight excluding hydrogens is 152 g/mol. The lowest BCUT2D eigenvalue weighted by Gasteiger charge is -2.12. The van der Waals surface area contributed by atoms with Crippen molar-refractivity contribution in [3.63, 3.8) is 0 Å². The second-order valence-electron chi connectivity index (χ2n) is 3.21. The first-order chi connectivity index (χ1) is 5.70. The number of hydrogen-bond donors (Lipinski definition) is 1. The molecule has 1 aromatic rings. The molecule has 0 bridgehead atoms. The molecule has 0 amide bonds. The van der Waals surface area contributed by atoms with Crippen molar-refractivity contribution in [3.05, 3.63) is 24.2 Å². The maximum atomic E-state index is 5.87. The highest BCUT2D eigenvalue weighted by Crippen LogP contribution is 2.13. The molecule has 1 heterocycles. The molecule has 0 aliphatic heterocycles. The average molecular weight is 168 g/mol. The van der Waals surface area contributed by atoms with E-state index in [1.807, 2.05) is 26.2 Å². The van der Waals surface area contributed by atoms with Crippen molar-refractivity contribution in [2.24, 2.45) is 5.73 Å². The lowest BCUT2D eigenvalue weighted by molar-refractivity contribution is 0.362. The smallest absolute Gasteiger partial charge is 0.120 e. The van der Waals surface area contributed by atoms with Crippen LogP contribution in [0.3, 0.4) is 0 Å². The molecule has 12 heavy (non-hydrogen) atoms. The van der Waals surface area contributed by atoms with E-state index in [9.17, 15) is 0 Å². The highest BCUT2D eigenvalue weighted by Gasteiger charge is 2.07. The fourth-order valence-electron chi connectivity index (χ4n) is 1.04. The molecule has 0 saturated carbocycles. The van der Waals surface area contributed by atoms with E-state index in [1.54, 1.807) is 6.26 Å². The highest BCUT2D eigenvalue weighted by atomic mass is 16.3. The van der Waals surface area contributed by atoms with E-state index in [1.165, 1.54) is 0 Å². The summed E-state index contributed by atoms with van der Waals surface area (Å²) in [6.45, 7) is 0.988. The van der Waals surface area contributed by atoms with E-state index in [4.69, 9.17) is 10.2 Å². The predicted molar refractivity (Wildman–Crippen MR) is 48.8 cm³/mol. The van der Waals surface area contributed by atoms with Crippen LogP contribution >= 0.6 is 0 Å². The first-order valence-electron chi connectivity index (χ1n) is 4.14. The van der Waals surface area contributed by atoms with Gasteiger partial charge in [0.2, 0.25) is 0 Å². The Hall–Kier alpha value is -0.800. The van der Waals surface area contributed by atoms with Crippen LogP contribution in [-0.4, -0.2) is 25.5 Å². The van der Waals surface area contributed by atoms with Crippen LogP contribution in [0.25, 0.3) is 0 Å². The molecule has 3 heteroatoms. The summed E-state index contributed by atoms with van der Waals surface area (Å²) in [4.78, 5) is 2.11. The van der Waals surface area contributed by atoms with Crippen molar-refractivity contribution in [1.29, 1.82) is 0 Å². The quantitative estimate of drug-likeness (QED) is 0.735. The molecule has 1 rings (SSSR count). The van der Waals surface area contributed by atoms with E-state index >= 15 is 0 Å². The van der Waals surface area contributed by atoms with Crippen molar-refractivity contribution in [2.75, 3.05) is 20.6 Å². The molecule has 0 radical (unpaired) electrons. The van der Waals surface area contributed by atoms with Crippen LogP contribution in [0.2, 0.25) is 0 Å². The first-order valence-corrected chi connectivity index (χ1v) is 4.14. The van der Waals surface area contributed by atoms with Gasteiger partial charge in [-0.15, -0.1) is 0 Å². The summed E-state index contributed by atoms with van der Waals surface area (Å²) in [5.41, 5.74) is 5.87. The summed E-state index contributed by atoms with van der Waals surface area (Å²) in [6, 6.07) is 3.81. The minimum Gasteiger partial charge on any atom is -0.468 e. The van der Waals surface area contributed by atoms with Gasteiger partial charge in [-0.1, -0.05) is 0 Å². The maximum absolute atomic E-state index is 5.87. The van der Waals surface area contributed by atoms with Gasteiger partial charge in [-0.2, -0.15) is 0 Å². The van der Waals surface area contributed by atoms with Gasteiger partial charge in [-0.05, 0) is 39.2 Å². The maximum Gasteiger partial charge on any atom is 0.120 e. The topological polar surface area (TPSA) is 42.4 Å². The summed E-state index contributed by atoms with van der Waals surface area (Å²) < 4.78 is 5.18. The molecule has 0 aliphatic rings. The third kappa shape index (κ3) is 2.68. The molecular formula is C9H16N2O. The average Bonchev–Trinajstić information content (AvgIpc) is 2.51. The Bertz CT molecular complexity index is 206. The zero-order valence-corrected chi connectivity index (χ0v) is 7.66. The van der Waals surface area contributed by atoms with Gasteiger partial charge >= 0.3 is 0 Å². The van der Waals surface area contributed by atoms with Crippen LogP contribution in [0.1, 0.15) is 18.2 Å². The van der Waals surface area contributed by atoms with E-state index in [0.29, 0.717) is 0 Å². The minimum absolute atomic E-state index is 0.0300. The van der Waals surface area contributed by atoms with Crippen molar-refractivity contribution < 1.29 is 4.42 Å². The van der Waals surface area contributed by atoms with Crippen LogP contribution in [-0.2, 0) is 0 Å². The van der Waals surface area contributed by atoms with Gasteiger partial charge in [0.25, 0.3) is 0 Å². The highest BCUT2D eigenvalue weighted by molar-refractivity contribution is 5.03. The van der Waals surface area contributed by atoms with Crippen LogP contribution in [0.5, 0.6) is 0 Å². The Morgan fingerprint density at radius 3 is 2.83 bits per heavy atom. The van der Waals surface area contributed by atoms with E-state index in [0.717, 1.165) is 18.7 Å². The third-order valence-corrected chi connectivity index (χ3v) is 1.80. The second kappa shape index (κ2) is 4.28. The number of nitrogens with two attached hydrogens (primary N) is 1. The summed E-state index contributed by atoms with van der Waals surface area (Å²) in [6.07, 6.45) is 2.59. The summed E-state index contributed by atoms with van der Waals surface area (Å²) in [5.74, 6) is 0.872. The molecule has 2 N–H and O–H groups in total. The Balaban J connectivity index is 2.34. The molecule has 1 unspecified atom stereocenters. The van der Waals surface area contributed by atoms with Crippen LogP contribution in [0.15, 0.2) is 22.8 Å². The van der Waals surface area contributed by atoms with Gasteiger partial charge in [0.15, 0.2) is 0 Å². The second-order valence-corrected chi connectivity index (χ2v) is 3.21. The fourth-order valence-corrected chi connectivity index (χ4v) is 1.04. The van der Waals surface area contributed by atoms with Crippen molar-refractivity contribution in [1.82, 2.24) is 4.90 Å². The number of hydrogen-bond acceptors (Lipinski definition) is 3. The zero-order chi connectivity index (χ0) is 8.97. The molecule has 0 aliphatic carbocycles. The number of rotatable bonds is 4. The molecule has 1 aromatic heterocycles. The van der Waals surface area contributed by atoms with Gasteiger partial charge in [0, 0.05) is 0 Å². The Labute approximate surface area is 73.2 Å². The van der Waals surface area contributed by atoms with Gasteiger partial charge < -0.3 is 15.1 Å². The first kappa shape index (κ1) is 9.29. The van der Waals surface area contributed by atoms with E-state index < -0.39 is 0 Å². The van der Waals surface area contributed by atoms with Gasteiger partial charge in [0.05, 0.1) is 12.3 Å². The molecule has 68 valence electrons. The fraction of sp³-hybridized carbons (Fsp3) is 0.556. The summed E-state index contributed by atoms with van der Waals surface area (Å²) in [7, 11) is 4.07. The Morgan fingerprint density at radius 1 is 1.58 bits per heavy atom. The Kier molecular flexibility index (Phi) is 3.31. The Morgan fingerprint density at radius 2 is 2.33 bits per heavy atom. The molecule has 0 fully saturated rings. The normalized spacial score (nSPS) is 13.7. The van der Waals surface area contributed by atoms with Gasteiger partial charge in [0.1, 0.15) is 5.76 Å². The van der Waals surface area contributed by atoms with Gasteiger partial charge in [-0.3, -0.25) is 0 Å². The molecule has 1 atom stereocenters. The van der Waals surface area contributed by atoms with Gasteiger partial charge in [-0.25, -0.2) is 0 Å². The summed E-state index contributed by atoms with van der Waals surface area (Å²) >= 11 is 0. The summed E-state index contributed by atoms with van der Waals surface area (Å²) in [5, 5.41) is 0. The monoisotopic (exact) mass is 168 g/mol. The standard InChI is InChI=1S/C9H16N2O/c1-11(2)6-5-8(10)9-4-3-7-12-9/h3-4,7-8H,5-6,10H2,1-2H3. The van der Waals surface area contributed by atoms with Crippen molar-refractivity contribution in [3.8, 4) is 0 Å². The van der Waals surface area contributed by atoms with E-state index in [2.05, 4.69) is 4.90 Å². The number of nitrogens with zero attached hydrogens (tertiary/aromatic N) is 1.